The van der Waals surface area contributed by atoms with E-state index in [9.17, 15) is 8.78 Å². The predicted molar refractivity (Wildman–Crippen MR) is 164 cm³/mol. The van der Waals surface area contributed by atoms with Gasteiger partial charge in [-0.15, -0.1) is 0 Å². The molecule has 1 heterocycles. The third kappa shape index (κ3) is 5.93. The van der Waals surface area contributed by atoms with Gasteiger partial charge in [0.05, 0.1) is 6.10 Å². The van der Waals surface area contributed by atoms with E-state index in [4.69, 9.17) is 4.65 Å². The molecular formula is C36H30BF10NO. The second kappa shape index (κ2) is 14.0. The molecule has 13 heteroatoms. The first-order valence-corrected chi connectivity index (χ1v) is 16.1. The zero-order chi connectivity index (χ0) is 35.0. The van der Waals surface area contributed by atoms with Gasteiger partial charge in [0.1, 0.15) is 42.1 Å². The summed E-state index contributed by atoms with van der Waals surface area (Å²) >= 11 is 0. The number of benzene rings is 4. The van der Waals surface area contributed by atoms with Crippen molar-refractivity contribution in [2.24, 2.45) is 0 Å². The summed E-state index contributed by atoms with van der Waals surface area (Å²) in [5, 5.41) is 0. The summed E-state index contributed by atoms with van der Waals surface area (Å²) in [7, 11) is 0. The number of hydrogen-bond donors (Lipinski definition) is 0. The minimum atomic E-state index is -4.58. The highest BCUT2D eigenvalue weighted by Crippen LogP contribution is 2.45. The summed E-state index contributed by atoms with van der Waals surface area (Å²) in [4.78, 5) is 0. The Bertz CT molecular complexity index is 1720. The van der Waals surface area contributed by atoms with E-state index in [1.54, 1.807) is 47.2 Å². The molecule has 6 rings (SSSR count). The highest BCUT2D eigenvalue weighted by Gasteiger charge is 2.54. The van der Waals surface area contributed by atoms with E-state index in [1.165, 1.54) is 24.3 Å². The van der Waals surface area contributed by atoms with Gasteiger partial charge in [-0.3, -0.25) is 0 Å². The highest BCUT2D eigenvalue weighted by atomic mass is 19.2. The van der Waals surface area contributed by atoms with Crippen LogP contribution in [0.15, 0.2) is 60.7 Å². The van der Waals surface area contributed by atoms with Crippen molar-refractivity contribution in [1.82, 2.24) is 0 Å². The van der Waals surface area contributed by atoms with E-state index in [-0.39, 0.29) is 30.4 Å². The fourth-order valence-electron chi connectivity index (χ4n) is 7.81. The van der Waals surface area contributed by atoms with Crippen LogP contribution in [0.25, 0.3) is 0 Å². The van der Waals surface area contributed by atoms with E-state index < -0.39 is 93.4 Å². The second-order valence-corrected chi connectivity index (χ2v) is 12.6. The smallest absolute Gasteiger partial charge is 0.200 e. The SMILES string of the molecule is Fc1c(F)c(F)c([B-](OC(c2ccccc2)c2ccccc2)(c2c(F)c(F)c(F)c(F)c2F)[C@@H]2CCCC[C@H]2[N+]2=CCCCC2)c(F)c1F. The molecule has 1 fully saturated rings. The van der Waals surface area contributed by atoms with Crippen molar-refractivity contribution in [3.8, 4) is 0 Å². The highest BCUT2D eigenvalue weighted by molar-refractivity contribution is 6.99. The van der Waals surface area contributed by atoms with Crippen molar-refractivity contribution in [3.63, 3.8) is 0 Å². The van der Waals surface area contributed by atoms with Crippen LogP contribution in [0, 0.1) is 58.2 Å². The molecule has 4 aromatic carbocycles. The Morgan fingerprint density at radius 1 is 0.531 bits per heavy atom. The molecule has 1 aliphatic carbocycles. The maximum atomic E-state index is 16.4. The molecule has 1 aliphatic heterocycles. The van der Waals surface area contributed by atoms with Crippen molar-refractivity contribution in [3.05, 3.63) is 130 Å². The first-order valence-electron chi connectivity index (χ1n) is 16.1. The van der Waals surface area contributed by atoms with E-state index in [0.717, 1.165) is 6.42 Å². The lowest BCUT2D eigenvalue weighted by atomic mass is 9.22. The largest absolute Gasteiger partial charge is 0.573 e. The van der Waals surface area contributed by atoms with Crippen LogP contribution >= 0.6 is 0 Å². The lowest BCUT2D eigenvalue weighted by Gasteiger charge is -2.53. The van der Waals surface area contributed by atoms with Crippen molar-refractivity contribution in [2.45, 2.75) is 62.9 Å². The van der Waals surface area contributed by atoms with Crippen molar-refractivity contribution in [1.29, 1.82) is 0 Å². The summed E-state index contributed by atoms with van der Waals surface area (Å²) in [6.45, 7) is 0.363. The van der Waals surface area contributed by atoms with Crippen LogP contribution in [0.4, 0.5) is 43.9 Å². The fraction of sp³-hybridized carbons (Fsp3) is 0.306. The van der Waals surface area contributed by atoms with E-state index in [2.05, 4.69) is 0 Å². The zero-order valence-electron chi connectivity index (χ0n) is 26.0. The third-order valence-corrected chi connectivity index (χ3v) is 9.95. The number of halogens is 10. The van der Waals surface area contributed by atoms with Crippen LogP contribution in [0.1, 0.15) is 62.2 Å². The molecule has 2 atom stereocenters. The molecule has 258 valence electrons. The van der Waals surface area contributed by atoms with Crippen LogP contribution in [-0.4, -0.2) is 29.7 Å². The molecule has 1 saturated carbocycles. The van der Waals surface area contributed by atoms with Gasteiger partial charge in [-0.1, -0.05) is 90.2 Å². The lowest BCUT2D eigenvalue weighted by molar-refractivity contribution is -0.570. The normalized spacial score (nSPS) is 18.6. The summed E-state index contributed by atoms with van der Waals surface area (Å²) in [5.41, 5.74) is -3.15. The second-order valence-electron chi connectivity index (χ2n) is 12.6. The molecule has 0 unspecified atom stereocenters. The standard InChI is InChI=1S/C36H30BF10NO/c38-26-24(27(39)31(43)34(46)30(26)42)37(25-28(40)32(44)35(47)33(45)29(25)41,22-16-8-9-17-23(22)48-18-10-3-11-19-48)49-36(20-12-4-1-5-13-20)21-14-6-2-7-15-21/h1-2,4-7,12-15,18,22-23,36H,3,8-11,16-17,19H2/t22-,23-/m1/s1. The first kappa shape index (κ1) is 34.7. The average molecular weight is 693 g/mol. The van der Waals surface area contributed by atoms with Gasteiger partial charge in [0.15, 0.2) is 41.3 Å². The number of hydrogen-bond acceptors (Lipinski definition) is 1. The molecule has 0 radical (unpaired) electrons. The predicted octanol–water partition coefficient (Wildman–Crippen LogP) is 8.52. The molecule has 0 saturated heterocycles. The molecule has 2 aliphatic rings. The van der Waals surface area contributed by atoms with Gasteiger partial charge in [0.25, 0.3) is 0 Å². The molecule has 2 nitrogen and oxygen atoms in total. The minimum Gasteiger partial charge on any atom is -0.573 e. The molecule has 0 amide bonds. The van der Waals surface area contributed by atoms with Crippen molar-refractivity contribution >= 4 is 23.5 Å². The molecule has 49 heavy (non-hydrogen) atoms. The minimum absolute atomic E-state index is 0.176. The van der Waals surface area contributed by atoms with Crippen molar-refractivity contribution < 1.29 is 53.1 Å². The van der Waals surface area contributed by atoms with Gasteiger partial charge in [0, 0.05) is 19.3 Å². The summed E-state index contributed by atoms with van der Waals surface area (Å²) < 4.78 is 164. The first-order chi connectivity index (χ1) is 23.5. The van der Waals surface area contributed by atoms with Gasteiger partial charge >= 0.3 is 0 Å². The average Bonchev–Trinajstić information content (AvgIpc) is 3.14. The summed E-state index contributed by atoms with van der Waals surface area (Å²) in [6.07, 6.45) is -1.64. The number of rotatable bonds is 8. The van der Waals surface area contributed by atoms with Gasteiger partial charge in [-0.05, 0) is 24.0 Å². The lowest BCUT2D eigenvalue weighted by Crippen LogP contribution is -2.71. The maximum absolute atomic E-state index is 16.4. The Hall–Kier alpha value is -4.13. The van der Waals surface area contributed by atoms with Crippen LogP contribution in [0.3, 0.4) is 0 Å². The quantitative estimate of drug-likeness (QED) is 0.0593. The van der Waals surface area contributed by atoms with Gasteiger partial charge in [-0.25, -0.2) is 48.5 Å². The zero-order valence-corrected chi connectivity index (χ0v) is 26.0. The summed E-state index contributed by atoms with van der Waals surface area (Å²) in [6, 6.07) is 14.5. The molecule has 0 spiro atoms. The van der Waals surface area contributed by atoms with Crippen molar-refractivity contribution in [2.75, 3.05) is 6.54 Å². The molecule has 0 bridgehead atoms. The molecular weight excluding hydrogens is 663 g/mol. The van der Waals surface area contributed by atoms with E-state index >= 15 is 35.1 Å². The molecule has 4 aromatic rings. The fourth-order valence-corrected chi connectivity index (χ4v) is 7.81. The Balaban J connectivity index is 1.82. The van der Waals surface area contributed by atoms with Gasteiger partial charge in [0.2, 0.25) is 0 Å². The van der Waals surface area contributed by atoms with Crippen LogP contribution < -0.4 is 10.9 Å². The van der Waals surface area contributed by atoms with Gasteiger partial charge in [-0.2, -0.15) is 0 Å². The molecule has 0 aromatic heterocycles. The van der Waals surface area contributed by atoms with Gasteiger partial charge < -0.3 is 4.65 Å². The molecule has 0 N–H and O–H groups in total. The monoisotopic (exact) mass is 693 g/mol. The topological polar surface area (TPSA) is 12.2 Å². The maximum Gasteiger partial charge on any atom is 0.200 e. The van der Waals surface area contributed by atoms with Crippen LogP contribution in [-0.2, 0) is 4.65 Å². The van der Waals surface area contributed by atoms with Crippen LogP contribution in [0.2, 0.25) is 5.82 Å². The third-order valence-electron chi connectivity index (χ3n) is 9.95. The Kier molecular flexibility index (Phi) is 9.93. The Labute approximate surface area is 276 Å². The number of nitrogens with zero attached hydrogens (tertiary/aromatic N) is 1. The van der Waals surface area contributed by atoms with Crippen LogP contribution in [0.5, 0.6) is 0 Å². The Morgan fingerprint density at radius 2 is 0.959 bits per heavy atom. The van der Waals surface area contributed by atoms with E-state index in [0.29, 0.717) is 25.8 Å². The Morgan fingerprint density at radius 3 is 1.39 bits per heavy atom. The van der Waals surface area contributed by atoms with E-state index in [1.807, 2.05) is 0 Å². The summed E-state index contributed by atoms with van der Waals surface area (Å²) in [5.74, 6) is -26.5.